The van der Waals surface area contributed by atoms with Gasteiger partial charge in [0.2, 0.25) is 0 Å². The van der Waals surface area contributed by atoms with E-state index >= 15 is 0 Å². The van der Waals surface area contributed by atoms with E-state index in [9.17, 15) is 4.79 Å². The maximum Gasteiger partial charge on any atom is 0.407 e. The number of rotatable bonds is 6. The molecule has 1 heterocycles. The number of carbonyl (C=O) groups excluding carboxylic acids is 1. The Morgan fingerprint density at radius 3 is 2.38 bits per heavy atom. The molecule has 0 fully saturated rings. The molecule has 1 rings (SSSR count). The van der Waals surface area contributed by atoms with Gasteiger partial charge >= 0.3 is 6.09 Å². The zero-order valence-electron chi connectivity index (χ0n) is 17.2. The topological polar surface area (TPSA) is 87.6 Å². The minimum absolute atomic E-state index is 0.0762. The van der Waals surface area contributed by atoms with Gasteiger partial charge in [0, 0.05) is 18.5 Å². The number of alkyl carbamates (subject to hydrolysis) is 1. The van der Waals surface area contributed by atoms with E-state index in [0.717, 1.165) is 10.7 Å². The average Bonchev–Trinajstić information content (AvgIpc) is 2.82. The van der Waals surface area contributed by atoms with E-state index < -0.39 is 11.7 Å². The molecule has 0 saturated carbocycles. The van der Waals surface area contributed by atoms with Gasteiger partial charge in [-0.05, 0) is 40.5 Å². The van der Waals surface area contributed by atoms with Crippen molar-refractivity contribution in [1.29, 1.82) is 0 Å². The SMILES string of the molecule is CN=C(NCc1nc(C)c(C)s1)NCC(NC(=O)OC(C)(C)C)C(C)C. The fourth-order valence-electron chi connectivity index (χ4n) is 2.11. The Balaban J connectivity index is 2.53. The molecule has 1 aromatic heterocycles. The summed E-state index contributed by atoms with van der Waals surface area (Å²) in [6.45, 7) is 14.9. The minimum atomic E-state index is -0.513. The number of thiazole rings is 1. The number of nitrogens with zero attached hydrogens (tertiary/aromatic N) is 2. The first-order chi connectivity index (χ1) is 12.0. The highest BCUT2D eigenvalue weighted by Gasteiger charge is 2.21. The zero-order valence-corrected chi connectivity index (χ0v) is 18.0. The second-order valence-corrected chi connectivity index (χ2v) is 8.84. The van der Waals surface area contributed by atoms with Crippen LogP contribution in [-0.4, -0.2) is 42.3 Å². The smallest absolute Gasteiger partial charge is 0.407 e. The molecule has 1 atom stereocenters. The van der Waals surface area contributed by atoms with Gasteiger partial charge in [-0.25, -0.2) is 9.78 Å². The fourth-order valence-corrected chi connectivity index (χ4v) is 2.99. The quantitative estimate of drug-likeness (QED) is 0.519. The van der Waals surface area contributed by atoms with Crippen molar-refractivity contribution in [1.82, 2.24) is 20.9 Å². The molecular formula is C18H33N5O2S. The zero-order chi connectivity index (χ0) is 19.9. The highest BCUT2D eigenvalue weighted by Crippen LogP contribution is 2.15. The van der Waals surface area contributed by atoms with Gasteiger partial charge in [0.15, 0.2) is 5.96 Å². The molecule has 0 aliphatic carbocycles. The molecular weight excluding hydrogens is 350 g/mol. The highest BCUT2D eigenvalue weighted by molar-refractivity contribution is 7.11. The first-order valence-electron chi connectivity index (χ1n) is 8.88. The van der Waals surface area contributed by atoms with Crippen LogP contribution in [0.3, 0.4) is 0 Å². The number of ether oxygens (including phenoxy) is 1. The first kappa shape index (κ1) is 22.2. The lowest BCUT2D eigenvalue weighted by atomic mass is 10.0. The van der Waals surface area contributed by atoms with Crippen LogP contribution >= 0.6 is 11.3 Å². The van der Waals surface area contributed by atoms with Crippen molar-refractivity contribution in [2.24, 2.45) is 10.9 Å². The van der Waals surface area contributed by atoms with Crippen LogP contribution in [0.1, 0.15) is 50.2 Å². The summed E-state index contributed by atoms with van der Waals surface area (Å²) in [5.74, 6) is 0.921. The van der Waals surface area contributed by atoms with Crippen LogP contribution in [0.25, 0.3) is 0 Å². The number of carbonyl (C=O) groups is 1. The van der Waals surface area contributed by atoms with Crippen LogP contribution in [0.4, 0.5) is 4.79 Å². The average molecular weight is 384 g/mol. The Kier molecular flexibility index (Phi) is 8.33. The van der Waals surface area contributed by atoms with Crippen molar-refractivity contribution in [3.05, 3.63) is 15.6 Å². The van der Waals surface area contributed by atoms with Crippen LogP contribution < -0.4 is 16.0 Å². The van der Waals surface area contributed by atoms with Gasteiger partial charge < -0.3 is 20.7 Å². The predicted molar refractivity (Wildman–Crippen MR) is 108 cm³/mol. The predicted octanol–water partition coefficient (Wildman–Crippen LogP) is 2.97. The normalized spacial score (nSPS) is 13.5. The number of aromatic nitrogens is 1. The number of hydrogen-bond donors (Lipinski definition) is 3. The molecule has 0 aliphatic rings. The van der Waals surface area contributed by atoms with Crippen molar-refractivity contribution in [2.45, 2.75) is 66.7 Å². The van der Waals surface area contributed by atoms with Gasteiger partial charge in [-0.3, -0.25) is 4.99 Å². The fraction of sp³-hybridized carbons (Fsp3) is 0.722. The summed E-state index contributed by atoms with van der Waals surface area (Å²) >= 11 is 1.68. The van der Waals surface area contributed by atoms with Crippen LogP contribution in [-0.2, 0) is 11.3 Å². The third-order valence-electron chi connectivity index (χ3n) is 3.70. The molecule has 0 radical (unpaired) electrons. The Labute approximate surface area is 161 Å². The third kappa shape index (κ3) is 8.03. The van der Waals surface area contributed by atoms with Crippen molar-refractivity contribution in [3.63, 3.8) is 0 Å². The molecule has 8 heteroatoms. The lowest BCUT2D eigenvalue weighted by Crippen LogP contribution is -2.50. The van der Waals surface area contributed by atoms with Crippen LogP contribution in [0.2, 0.25) is 0 Å². The monoisotopic (exact) mass is 383 g/mol. The van der Waals surface area contributed by atoms with Crippen molar-refractivity contribution < 1.29 is 9.53 Å². The van der Waals surface area contributed by atoms with E-state index in [-0.39, 0.29) is 12.0 Å². The second kappa shape index (κ2) is 9.75. The molecule has 0 saturated heterocycles. The standard InChI is InChI=1S/C18H33N5O2S/c1-11(2)14(23-17(24)25-18(5,6)7)9-20-16(19-8)21-10-15-22-12(3)13(4)26-15/h11,14H,9-10H2,1-8H3,(H,23,24)(H2,19,20,21). The van der Waals surface area contributed by atoms with Gasteiger partial charge in [-0.1, -0.05) is 13.8 Å². The van der Waals surface area contributed by atoms with Gasteiger partial charge in [0.1, 0.15) is 10.6 Å². The molecule has 3 N–H and O–H groups in total. The van der Waals surface area contributed by atoms with Crippen molar-refractivity contribution >= 4 is 23.4 Å². The largest absolute Gasteiger partial charge is 0.444 e. The lowest BCUT2D eigenvalue weighted by molar-refractivity contribution is 0.0491. The number of guanidine groups is 1. The van der Waals surface area contributed by atoms with Crippen LogP contribution in [0.15, 0.2) is 4.99 Å². The number of nitrogens with one attached hydrogen (secondary N) is 3. The van der Waals surface area contributed by atoms with E-state index in [1.807, 2.05) is 27.7 Å². The number of aliphatic imine (C=N–C) groups is 1. The lowest BCUT2D eigenvalue weighted by Gasteiger charge is -2.26. The molecule has 7 nitrogen and oxygen atoms in total. The molecule has 1 amide bonds. The summed E-state index contributed by atoms with van der Waals surface area (Å²) in [6.07, 6.45) is -0.408. The summed E-state index contributed by atoms with van der Waals surface area (Å²) in [5, 5.41) is 10.5. The van der Waals surface area contributed by atoms with E-state index in [1.165, 1.54) is 4.88 Å². The summed E-state index contributed by atoms with van der Waals surface area (Å²) in [6, 6.07) is -0.0762. The molecule has 0 aliphatic heterocycles. The van der Waals surface area contributed by atoms with Gasteiger partial charge in [0.05, 0.1) is 18.3 Å². The Hall–Kier alpha value is -1.83. The number of hydrogen-bond acceptors (Lipinski definition) is 5. The summed E-state index contributed by atoms with van der Waals surface area (Å²) in [4.78, 5) is 22.0. The van der Waals surface area contributed by atoms with Gasteiger partial charge in [-0.15, -0.1) is 11.3 Å². The molecule has 1 unspecified atom stereocenters. The Bertz CT molecular complexity index is 600. The van der Waals surface area contributed by atoms with Crippen LogP contribution in [0.5, 0.6) is 0 Å². The maximum atomic E-state index is 12.0. The Morgan fingerprint density at radius 1 is 1.27 bits per heavy atom. The summed E-state index contributed by atoms with van der Waals surface area (Å²) in [5.41, 5.74) is 0.553. The third-order valence-corrected chi connectivity index (χ3v) is 4.77. The summed E-state index contributed by atoms with van der Waals surface area (Å²) in [7, 11) is 1.72. The molecule has 0 aromatic carbocycles. The summed E-state index contributed by atoms with van der Waals surface area (Å²) < 4.78 is 5.34. The van der Waals surface area contributed by atoms with E-state index in [0.29, 0.717) is 19.0 Å². The maximum absolute atomic E-state index is 12.0. The Morgan fingerprint density at radius 2 is 1.92 bits per heavy atom. The van der Waals surface area contributed by atoms with E-state index in [1.54, 1.807) is 18.4 Å². The van der Waals surface area contributed by atoms with Gasteiger partial charge in [-0.2, -0.15) is 0 Å². The van der Waals surface area contributed by atoms with Crippen molar-refractivity contribution in [3.8, 4) is 0 Å². The number of aryl methyl sites for hydroxylation is 2. The van der Waals surface area contributed by atoms with E-state index in [4.69, 9.17) is 4.74 Å². The van der Waals surface area contributed by atoms with E-state index in [2.05, 4.69) is 46.7 Å². The van der Waals surface area contributed by atoms with Crippen LogP contribution in [0, 0.1) is 19.8 Å². The minimum Gasteiger partial charge on any atom is -0.444 e. The molecule has 26 heavy (non-hydrogen) atoms. The molecule has 0 bridgehead atoms. The highest BCUT2D eigenvalue weighted by atomic mass is 32.1. The molecule has 1 aromatic rings. The molecule has 148 valence electrons. The number of amides is 1. The molecule has 0 spiro atoms. The van der Waals surface area contributed by atoms with Gasteiger partial charge in [0.25, 0.3) is 0 Å². The first-order valence-corrected chi connectivity index (χ1v) is 9.70. The van der Waals surface area contributed by atoms with Crippen molar-refractivity contribution in [2.75, 3.05) is 13.6 Å². The second-order valence-electron chi connectivity index (χ2n) is 7.55.